The third kappa shape index (κ3) is 13.1. The summed E-state index contributed by atoms with van der Waals surface area (Å²) in [7, 11) is 0. The molecule has 0 saturated carbocycles. The van der Waals surface area contributed by atoms with Gasteiger partial charge in [-0.05, 0) is 146 Å². The Bertz CT molecular complexity index is 2840. The van der Waals surface area contributed by atoms with E-state index in [1.807, 2.05) is 124 Å². The lowest BCUT2D eigenvalue weighted by Gasteiger charge is -2.25. The van der Waals surface area contributed by atoms with Crippen LogP contribution in [0, 0.1) is 0 Å². The van der Waals surface area contributed by atoms with E-state index < -0.39 is 11.2 Å². The topological polar surface area (TPSA) is 66.2 Å². The molecule has 0 saturated heterocycles. The van der Waals surface area contributed by atoms with Crippen LogP contribution in [0.15, 0.2) is 158 Å². The second-order valence-electron chi connectivity index (χ2n) is 18.1. The molecule has 0 fully saturated rings. The van der Waals surface area contributed by atoms with E-state index in [2.05, 4.69) is 109 Å². The summed E-state index contributed by atoms with van der Waals surface area (Å²) in [6.45, 7) is 7.46. The maximum Gasteiger partial charge on any atom is 0.0843 e. The number of halogens is 2. The number of rotatable bonds is 18. The van der Waals surface area contributed by atoms with Crippen molar-refractivity contribution in [2.45, 2.75) is 75.1 Å². The molecule has 6 aromatic carbocycles. The summed E-state index contributed by atoms with van der Waals surface area (Å²) in [5.41, 5.74) is 10.6. The number of benzene rings is 6. The zero-order valence-corrected chi connectivity index (χ0v) is 41.5. The number of fused-ring (bicyclic) bond motifs is 2. The van der Waals surface area contributed by atoms with Crippen LogP contribution in [-0.4, -0.2) is 25.3 Å². The summed E-state index contributed by atoms with van der Waals surface area (Å²) in [4.78, 5) is 9.71. The molecule has 2 heterocycles. The normalized spacial score (nSPS) is 13.3. The second kappa shape index (κ2) is 21.8. The summed E-state index contributed by atoms with van der Waals surface area (Å²) in [6.07, 6.45) is 11.9. The van der Waals surface area contributed by atoms with Crippen molar-refractivity contribution in [2.75, 3.05) is 5.08 Å². The van der Waals surface area contributed by atoms with Crippen LogP contribution in [0.4, 0.5) is 0 Å². The fourth-order valence-corrected chi connectivity index (χ4v) is 11.8. The van der Waals surface area contributed by atoms with E-state index >= 15 is 0 Å². The van der Waals surface area contributed by atoms with Gasteiger partial charge in [0.15, 0.2) is 0 Å². The average molecular weight is 960 g/mol. The highest BCUT2D eigenvalue weighted by Gasteiger charge is 2.23. The van der Waals surface area contributed by atoms with Gasteiger partial charge in [-0.1, -0.05) is 157 Å². The van der Waals surface area contributed by atoms with Crippen LogP contribution in [0.25, 0.3) is 46.1 Å². The zero-order valence-electron chi connectivity index (χ0n) is 38.4. The summed E-state index contributed by atoms with van der Waals surface area (Å²) in [5, 5.41) is 26.9. The molecule has 8 rings (SSSR count). The number of pyridine rings is 2. The van der Waals surface area contributed by atoms with Crippen LogP contribution in [0.2, 0.25) is 10.0 Å². The zero-order chi connectivity index (χ0) is 47.0. The molecule has 0 unspecified atom stereocenters. The van der Waals surface area contributed by atoms with Crippen LogP contribution in [0.1, 0.15) is 107 Å². The van der Waals surface area contributed by atoms with E-state index in [4.69, 9.17) is 33.2 Å². The first-order valence-electron chi connectivity index (χ1n) is 22.8. The molecular formula is C59H56Cl2N2O2S2. The lowest BCUT2D eigenvalue weighted by molar-refractivity contribution is 0.0770. The molecule has 8 aromatic rings. The summed E-state index contributed by atoms with van der Waals surface area (Å²) in [6, 6.07) is 54.1. The van der Waals surface area contributed by atoms with Gasteiger partial charge in [0.2, 0.25) is 0 Å². The minimum atomic E-state index is -0.941. The second-order valence-corrected chi connectivity index (χ2v) is 21.7. The lowest BCUT2D eigenvalue weighted by atomic mass is 9.90. The Balaban J connectivity index is 1.06. The Morgan fingerprint density at radius 2 is 0.910 bits per heavy atom. The van der Waals surface area contributed by atoms with Gasteiger partial charge in [-0.15, -0.1) is 23.5 Å². The van der Waals surface area contributed by atoms with E-state index in [1.165, 1.54) is 22.3 Å². The van der Waals surface area contributed by atoms with Gasteiger partial charge >= 0.3 is 0 Å². The molecule has 340 valence electrons. The number of nitrogens with zero attached hydrogens (tertiary/aromatic N) is 2. The first-order chi connectivity index (χ1) is 32.2. The van der Waals surface area contributed by atoms with Gasteiger partial charge in [-0.2, -0.15) is 0 Å². The Morgan fingerprint density at radius 1 is 0.493 bits per heavy atom. The lowest BCUT2D eigenvalue weighted by Crippen LogP contribution is -2.18. The van der Waals surface area contributed by atoms with Gasteiger partial charge in [0.25, 0.3) is 0 Å². The molecule has 0 aliphatic carbocycles. The Hall–Kier alpha value is -5.18. The monoisotopic (exact) mass is 958 g/mol. The predicted octanol–water partition coefficient (Wildman–Crippen LogP) is 16.4. The van der Waals surface area contributed by atoms with Crippen molar-refractivity contribution in [3.05, 3.63) is 224 Å². The number of aliphatic hydroxyl groups is 2. The molecule has 2 atom stereocenters. The van der Waals surface area contributed by atoms with Gasteiger partial charge in [0.1, 0.15) is 0 Å². The Morgan fingerprint density at radius 3 is 1.34 bits per heavy atom. The van der Waals surface area contributed by atoms with Crippen molar-refractivity contribution >= 4 is 92.8 Å². The molecule has 0 radical (unpaired) electrons. The first-order valence-corrected chi connectivity index (χ1v) is 25.6. The summed E-state index contributed by atoms with van der Waals surface area (Å²) in [5.74, 6) is 0. The van der Waals surface area contributed by atoms with Crippen molar-refractivity contribution in [3.63, 3.8) is 0 Å². The molecular weight excluding hydrogens is 904 g/mol. The standard InChI is InChI=1S/C59H56Cl2N2O2S2/c1-58(2,64)52-17-7-5-13-42(52)25-33-56(46-15-9-11-40(35-46)19-29-50-31-23-44-21-27-48(60)37-54(44)62-50)66-39-67-57(34-26-43-14-6-8-18-53(43)59(3,4)65)47-16-10-12-41(36-47)20-30-51-32-24-45-22-28-49(61)38-55(45)63-51/h5-24,27-32,35-38,56-57,64-65H,25-26,33-34,39H2,1-4H3/b29-19+,30-20+/t56-,57+. The van der Waals surface area contributed by atoms with Crippen LogP contribution in [0.5, 0.6) is 0 Å². The summed E-state index contributed by atoms with van der Waals surface area (Å²) < 4.78 is 0. The molecule has 4 nitrogen and oxygen atoms in total. The van der Waals surface area contributed by atoms with Gasteiger partial charge in [-0.3, -0.25) is 0 Å². The molecule has 0 bridgehead atoms. The van der Waals surface area contributed by atoms with Gasteiger partial charge in [-0.25, -0.2) is 9.97 Å². The predicted molar refractivity (Wildman–Crippen MR) is 290 cm³/mol. The quantitative estimate of drug-likeness (QED) is 0.0836. The molecule has 67 heavy (non-hydrogen) atoms. The minimum Gasteiger partial charge on any atom is -0.386 e. The molecule has 0 aliphatic heterocycles. The average Bonchev–Trinajstić information content (AvgIpc) is 3.31. The van der Waals surface area contributed by atoms with Crippen LogP contribution >= 0.6 is 46.7 Å². The van der Waals surface area contributed by atoms with Crippen molar-refractivity contribution < 1.29 is 10.2 Å². The van der Waals surface area contributed by atoms with Crippen molar-refractivity contribution in [1.29, 1.82) is 0 Å². The molecule has 2 N–H and O–H groups in total. The fourth-order valence-electron chi connectivity index (χ4n) is 8.63. The number of hydrogen-bond donors (Lipinski definition) is 2. The van der Waals surface area contributed by atoms with E-state index in [1.54, 1.807) is 0 Å². The largest absolute Gasteiger partial charge is 0.386 e. The van der Waals surface area contributed by atoms with Crippen LogP contribution in [0.3, 0.4) is 0 Å². The van der Waals surface area contributed by atoms with Gasteiger partial charge < -0.3 is 10.2 Å². The van der Waals surface area contributed by atoms with E-state index in [-0.39, 0.29) is 10.5 Å². The molecule has 0 amide bonds. The van der Waals surface area contributed by atoms with Crippen molar-refractivity contribution in [3.8, 4) is 0 Å². The summed E-state index contributed by atoms with van der Waals surface area (Å²) >= 11 is 16.6. The third-order valence-corrected chi connectivity index (χ3v) is 15.4. The van der Waals surface area contributed by atoms with Crippen LogP contribution < -0.4 is 0 Å². The number of aromatic nitrogens is 2. The molecule has 0 aliphatic rings. The smallest absolute Gasteiger partial charge is 0.0843 e. The molecule has 0 spiro atoms. The van der Waals surface area contributed by atoms with Crippen molar-refractivity contribution in [1.82, 2.24) is 9.97 Å². The van der Waals surface area contributed by atoms with Crippen LogP contribution in [-0.2, 0) is 24.0 Å². The van der Waals surface area contributed by atoms with Crippen molar-refractivity contribution in [2.24, 2.45) is 0 Å². The highest BCUT2D eigenvalue weighted by molar-refractivity contribution is 8.16. The van der Waals surface area contributed by atoms with E-state index in [0.29, 0.717) is 10.0 Å². The number of aryl methyl sites for hydroxylation is 2. The first kappa shape index (κ1) is 48.3. The fraction of sp³-hybridized carbons (Fsp3) is 0.220. The Labute approximate surface area is 414 Å². The van der Waals surface area contributed by atoms with E-state index in [9.17, 15) is 10.2 Å². The maximum absolute atomic E-state index is 11.1. The van der Waals surface area contributed by atoms with E-state index in [0.717, 1.165) is 86.2 Å². The highest BCUT2D eigenvalue weighted by atomic mass is 35.5. The SMILES string of the molecule is CC(C)(O)c1ccccc1CC[C@H](SCS[C@H](CCc1ccccc1C(C)(C)O)c1cccc(/C=C/c2ccc3ccc(Cl)cc3n2)c1)c1cccc(/C=C/c2ccc3ccc(Cl)cc3n2)c1. The number of hydrogen-bond acceptors (Lipinski definition) is 6. The Kier molecular flexibility index (Phi) is 15.7. The molecule has 8 heteroatoms. The maximum atomic E-state index is 11.1. The number of thioether (sulfide) groups is 2. The minimum absolute atomic E-state index is 0.187. The highest BCUT2D eigenvalue weighted by Crippen LogP contribution is 2.43. The van der Waals surface area contributed by atoms with Gasteiger partial charge in [0.05, 0.1) is 33.6 Å². The molecule has 2 aromatic heterocycles. The third-order valence-electron chi connectivity index (χ3n) is 12.1. The van der Waals surface area contributed by atoms with Gasteiger partial charge in [0, 0.05) is 36.4 Å².